The van der Waals surface area contributed by atoms with Gasteiger partial charge in [-0.15, -0.1) is 0 Å². The first-order valence-electron chi connectivity index (χ1n) is 5.95. The molecule has 0 amide bonds. The highest BCUT2D eigenvalue weighted by molar-refractivity contribution is 5.77. The lowest BCUT2D eigenvalue weighted by Crippen LogP contribution is -2.26. The van der Waals surface area contributed by atoms with Crippen molar-refractivity contribution in [2.24, 2.45) is 0 Å². The van der Waals surface area contributed by atoms with Crippen molar-refractivity contribution in [3.63, 3.8) is 0 Å². The number of carbonyl (C=O) groups excluding carboxylic acids is 1. The number of ether oxygens (including phenoxy) is 2. The molecule has 0 aliphatic carbocycles. The van der Waals surface area contributed by atoms with Crippen LogP contribution in [0.25, 0.3) is 0 Å². The van der Waals surface area contributed by atoms with Crippen LogP contribution in [0.3, 0.4) is 0 Å². The number of methoxy groups -OCH3 is 2. The number of hydrogen-bond donors (Lipinski definition) is 0. The average molecular weight is 251 g/mol. The molecule has 1 aromatic carbocycles. The molecule has 0 fully saturated rings. The second-order valence-electron chi connectivity index (χ2n) is 4.38. The Morgan fingerprint density at radius 1 is 1.22 bits per heavy atom. The minimum atomic E-state index is 0.185. The number of ketones is 1. The molecular weight excluding hydrogens is 230 g/mol. The Balaban J connectivity index is 2.60. The van der Waals surface area contributed by atoms with E-state index >= 15 is 0 Å². The van der Waals surface area contributed by atoms with Crippen LogP contribution in [0, 0.1) is 0 Å². The van der Waals surface area contributed by atoms with Crippen molar-refractivity contribution in [3.8, 4) is 11.5 Å². The van der Waals surface area contributed by atoms with Crippen molar-refractivity contribution >= 4 is 5.78 Å². The Kier molecular flexibility index (Phi) is 5.65. The Bertz CT molecular complexity index is 404. The maximum atomic E-state index is 11.0. The van der Waals surface area contributed by atoms with E-state index < -0.39 is 0 Å². The number of hydrogen-bond acceptors (Lipinski definition) is 4. The number of nitrogens with zero attached hydrogens (tertiary/aromatic N) is 1. The smallest absolute Gasteiger partial charge is 0.160 e. The molecule has 1 rings (SSSR count). The second kappa shape index (κ2) is 7.01. The third kappa shape index (κ3) is 4.37. The maximum Gasteiger partial charge on any atom is 0.160 e. The summed E-state index contributed by atoms with van der Waals surface area (Å²) in [7, 11) is 5.20. The fraction of sp³-hybridized carbons (Fsp3) is 0.500. The van der Waals surface area contributed by atoms with Gasteiger partial charge < -0.3 is 9.47 Å². The van der Waals surface area contributed by atoms with Crippen LogP contribution in [0.1, 0.15) is 12.5 Å². The summed E-state index contributed by atoms with van der Waals surface area (Å²) in [6, 6.07) is 5.89. The monoisotopic (exact) mass is 251 g/mol. The van der Waals surface area contributed by atoms with E-state index in [1.807, 2.05) is 30.1 Å². The zero-order valence-electron chi connectivity index (χ0n) is 11.5. The summed E-state index contributed by atoms with van der Waals surface area (Å²) >= 11 is 0. The number of Topliss-reactive ketones (excluding diaryl/α,β-unsaturated/α-hetero) is 1. The quantitative estimate of drug-likeness (QED) is 0.740. The summed E-state index contributed by atoms with van der Waals surface area (Å²) in [5, 5.41) is 0. The van der Waals surface area contributed by atoms with E-state index in [1.54, 1.807) is 21.1 Å². The van der Waals surface area contributed by atoms with Crippen LogP contribution in [0.4, 0.5) is 0 Å². The van der Waals surface area contributed by atoms with Crippen molar-refractivity contribution < 1.29 is 14.3 Å². The molecule has 0 aromatic heterocycles. The van der Waals surface area contributed by atoms with Gasteiger partial charge in [-0.3, -0.25) is 9.69 Å². The molecule has 0 aliphatic rings. The van der Waals surface area contributed by atoms with Gasteiger partial charge in [0.15, 0.2) is 11.5 Å². The van der Waals surface area contributed by atoms with Gasteiger partial charge in [-0.1, -0.05) is 6.07 Å². The van der Waals surface area contributed by atoms with Gasteiger partial charge in [0, 0.05) is 6.54 Å². The summed E-state index contributed by atoms with van der Waals surface area (Å²) < 4.78 is 10.4. The van der Waals surface area contributed by atoms with Crippen LogP contribution in [0.5, 0.6) is 11.5 Å². The Labute approximate surface area is 108 Å². The molecule has 0 saturated heterocycles. The van der Waals surface area contributed by atoms with Gasteiger partial charge >= 0.3 is 0 Å². The van der Waals surface area contributed by atoms with E-state index in [1.165, 1.54) is 5.56 Å². The van der Waals surface area contributed by atoms with E-state index in [9.17, 15) is 4.79 Å². The van der Waals surface area contributed by atoms with E-state index in [4.69, 9.17) is 9.47 Å². The van der Waals surface area contributed by atoms with Gasteiger partial charge in [-0.05, 0) is 38.1 Å². The first-order valence-corrected chi connectivity index (χ1v) is 5.95. The number of carbonyl (C=O) groups is 1. The largest absolute Gasteiger partial charge is 0.493 e. The summed E-state index contributed by atoms with van der Waals surface area (Å²) in [6.45, 7) is 2.94. The fourth-order valence-corrected chi connectivity index (χ4v) is 1.82. The van der Waals surface area contributed by atoms with E-state index in [2.05, 4.69) is 0 Å². The van der Waals surface area contributed by atoms with Gasteiger partial charge in [0.25, 0.3) is 0 Å². The molecule has 18 heavy (non-hydrogen) atoms. The highest BCUT2D eigenvalue weighted by Gasteiger charge is 2.06. The third-order valence-electron chi connectivity index (χ3n) is 2.72. The lowest BCUT2D eigenvalue weighted by Gasteiger charge is -2.15. The van der Waals surface area contributed by atoms with Crippen molar-refractivity contribution in [2.75, 3.05) is 34.4 Å². The van der Waals surface area contributed by atoms with Crippen molar-refractivity contribution in [1.82, 2.24) is 4.90 Å². The summed E-state index contributed by atoms with van der Waals surface area (Å²) in [6.07, 6.45) is 0.879. The first kappa shape index (κ1) is 14.5. The molecule has 0 aliphatic heterocycles. The topological polar surface area (TPSA) is 38.8 Å². The predicted octanol–water partition coefficient (Wildman–Crippen LogP) is 1.77. The van der Waals surface area contributed by atoms with Crippen molar-refractivity contribution in [3.05, 3.63) is 23.8 Å². The van der Waals surface area contributed by atoms with E-state index in [0.717, 1.165) is 24.5 Å². The molecule has 0 N–H and O–H groups in total. The van der Waals surface area contributed by atoms with Crippen LogP contribution >= 0.6 is 0 Å². The normalized spacial score (nSPS) is 10.5. The zero-order chi connectivity index (χ0) is 13.5. The predicted molar refractivity (Wildman–Crippen MR) is 71.4 cm³/mol. The second-order valence-corrected chi connectivity index (χ2v) is 4.38. The number of benzene rings is 1. The highest BCUT2D eigenvalue weighted by Crippen LogP contribution is 2.27. The summed E-state index contributed by atoms with van der Waals surface area (Å²) in [5.41, 5.74) is 1.17. The minimum Gasteiger partial charge on any atom is -0.493 e. The molecule has 0 spiro atoms. The van der Waals surface area contributed by atoms with Crippen LogP contribution < -0.4 is 9.47 Å². The molecule has 0 bridgehead atoms. The lowest BCUT2D eigenvalue weighted by atomic mass is 10.1. The van der Waals surface area contributed by atoms with Crippen molar-refractivity contribution in [1.29, 1.82) is 0 Å². The molecule has 4 nitrogen and oxygen atoms in total. The molecule has 4 heteroatoms. The molecule has 0 heterocycles. The van der Waals surface area contributed by atoms with E-state index in [-0.39, 0.29) is 5.78 Å². The first-order chi connectivity index (χ1) is 8.56. The SMILES string of the molecule is COc1ccc(CCN(C)CC(C)=O)cc1OC. The molecule has 0 radical (unpaired) electrons. The zero-order valence-corrected chi connectivity index (χ0v) is 11.5. The van der Waals surface area contributed by atoms with Gasteiger partial charge in [0.2, 0.25) is 0 Å². The number of rotatable bonds is 7. The van der Waals surface area contributed by atoms with Gasteiger partial charge in [-0.2, -0.15) is 0 Å². The third-order valence-corrected chi connectivity index (χ3v) is 2.72. The molecule has 100 valence electrons. The Hall–Kier alpha value is -1.55. The van der Waals surface area contributed by atoms with Crippen LogP contribution in [0.15, 0.2) is 18.2 Å². The Morgan fingerprint density at radius 2 is 1.89 bits per heavy atom. The molecule has 0 unspecified atom stereocenters. The minimum absolute atomic E-state index is 0.185. The highest BCUT2D eigenvalue weighted by atomic mass is 16.5. The van der Waals surface area contributed by atoms with Crippen LogP contribution in [-0.4, -0.2) is 45.0 Å². The summed E-state index contributed by atoms with van der Waals surface area (Å²) in [4.78, 5) is 13.0. The molecular formula is C14H21NO3. The molecule has 0 saturated carbocycles. The van der Waals surface area contributed by atoms with Gasteiger partial charge in [0.1, 0.15) is 5.78 Å². The average Bonchev–Trinajstić information content (AvgIpc) is 2.35. The van der Waals surface area contributed by atoms with Gasteiger partial charge in [-0.25, -0.2) is 0 Å². The van der Waals surface area contributed by atoms with Crippen LogP contribution in [-0.2, 0) is 11.2 Å². The van der Waals surface area contributed by atoms with E-state index in [0.29, 0.717) is 6.54 Å². The van der Waals surface area contributed by atoms with Gasteiger partial charge in [0.05, 0.1) is 20.8 Å². The maximum absolute atomic E-state index is 11.0. The lowest BCUT2D eigenvalue weighted by molar-refractivity contribution is -0.117. The summed E-state index contributed by atoms with van der Waals surface area (Å²) in [5.74, 6) is 1.66. The standard InChI is InChI=1S/C14H21NO3/c1-11(16)10-15(2)8-7-12-5-6-13(17-3)14(9-12)18-4/h5-6,9H,7-8,10H2,1-4H3. The van der Waals surface area contributed by atoms with Crippen LogP contribution in [0.2, 0.25) is 0 Å². The molecule has 0 atom stereocenters. The van der Waals surface area contributed by atoms with Crippen molar-refractivity contribution in [2.45, 2.75) is 13.3 Å². The number of likely N-dealkylation sites (N-methyl/N-ethyl adjacent to an activating group) is 1. The fourth-order valence-electron chi connectivity index (χ4n) is 1.82. The Morgan fingerprint density at radius 3 is 2.44 bits per heavy atom. The molecule has 1 aromatic rings.